The van der Waals surface area contributed by atoms with E-state index < -0.39 is 0 Å². The Morgan fingerprint density at radius 1 is 1.04 bits per heavy atom. The summed E-state index contributed by atoms with van der Waals surface area (Å²) in [5.41, 5.74) is 3.60. The summed E-state index contributed by atoms with van der Waals surface area (Å²) in [5, 5.41) is 3.37. The van der Waals surface area contributed by atoms with Crippen LogP contribution in [0.25, 0.3) is 21.5 Å². The molecule has 0 radical (unpaired) electrons. The second-order valence-corrected chi connectivity index (χ2v) is 6.49. The number of hydrogen-bond donors (Lipinski definition) is 1. The Bertz CT molecular complexity index is 979. The van der Waals surface area contributed by atoms with Gasteiger partial charge in [0.1, 0.15) is 0 Å². The third-order valence-corrected chi connectivity index (χ3v) is 4.76. The summed E-state index contributed by atoms with van der Waals surface area (Å²) in [6, 6.07) is 15.4. The van der Waals surface area contributed by atoms with Crippen molar-refractivity contribution in [2.75, 3.05) is 0 Å². The Hall–Kier alpha value is -3.12. The molecule has 0 aliphatic carbocycles. The van der Waals surface area contributed by atoms with Gasteiger partial charge in [0, 0.05) is 30.7 Å². The van der Waals surface area contributed by atoms with Crippen LogP contribution in [0.2, 0.25) is 0 Å². The molecule has 5 nitrogen and oxygen atoms in total. The lowest BCUT2D eigenvalue weighted by atomic mass is 10.1. The number of fused-ring (bicyclic) bond motifs is 1. The van der Waals surface area contributed by atoms with Crippen LogP contribution in [-0.4, -0.2) is 20.9 Å². The summed E-state index contributed by atoms with van der Waals surface area (Å²) in [5.74, 6) is -0.169. The molecule has 122 valence electrons. The normalized spacial score (nSPS) is 10.7. The van der Waals surface area contributed by atoms with Crippen LogP contribution in [0, 0.1) is 0 Å². The van der Waals surface area contributed by atoms with E-state index in [9.17, 15) is 4.79 Å². The number of pyridine rings is 2. The van der Waals surface area contributed by atoms with Gasteiger partial charge in [-0.2, -0.15) is 0 Å². The van der Waals surface area contributed by atoms with Crippen molar-refractivity contribution in [2.24, 2.45) is 0 Å². The highest BCUT2D eigenvalue weighted by atomic mass is 32.1. The third kappa shape index (κ3) is 3.39. The lowest BCUT2D eigenvalue weighted by Crippen LogP contribution is -2.22. The van der Waals surface area contributed by atoms with Crippen LogP contribution < -0.4 is 5.32 Å². The number of carbonyl (C=O) groups is 1. The van der Waals surface area contributed by atoms with Gasteiger partial charge in [-0.15, -0.1) is 11.3 Å². The van der Waals surface area contributed by atoms with Crippen molar-refractivity contribution in [3.8, 4) is 11.3 Å². The van der Waals surface area contributed by atoms with Gasteiger partial charge in [-0.1, -0.05) is 18.2 Å². The largest absolute Gasteiger partial charge is 0.346 e. The van der Waals surface area contributed by atoms with Crippen molar-refractivity contribution in [3.05, 3.63) is 77.7 Å². The molecule has 0 saturated carbocycles. The maximum atomic E-state index is 12.3. The summed E-state index contributed by atoms with van der Waals surface area (Å²) in [6.07, 6.45) is 5.27. The Kier molecular flexibility index (Phi) is 4.18. The second-order valence-electron chi connectivity index (χ2n) is 5.46. The van der Waals surface area contributed by atoms with E-state index in [0.717, 1.165) is 27.0 Å². The quantitative estimate of drug-likeness (QED) is 0.612. The maximum Gasteiger partial charge on any atom is 0.280 e. The van der Waals surface area contributed by atoms with Gasteiger partial charge in [-0.3, -0.25) is 14.8 Å². The van der Waals surface area contributed by atoms with Crippen LogP contribution in [-0.2, 0) is 6.54 Å². The predicted molar refractivity (Wildman–Crippen MR) is 98.3 cm³/mol. The summed E-state index contributed by atoms with van der Waals surface area (Å²) in [4.78, 5) is 25.2. The topological polar surface area (TPSA) is 67.8 Å². The Morgan fingerprint density at radius 3 is 2.72 bits per heavy atom. The SMILES string of the molecule is O=C(NCc1ccc(-c2cccnc2)nc1)c1nc2ccccc2s1. The molecule has 1 aromatic carbocycles. The molecule has 4 aromatic rings. The zero-order valence-electron chi connectivity index (χ0n) is 13.2. The van der Waals surface area contributed by atoms with E-state index in [-0.39, 0.29) is 5.91 Å². The zero-order valence-corrected chi connectivity index (χ0v) is 14.0. The first-order chi connectivity index (χ1) is 12.3. The highest BCUT2D eigenvalue weighted by Crippen LogP contribution is 2.21. The molecular weight excluding hydrogens is 332 g/mol. The van der Waals surface area contributed by atoms with Crippen LogP contribution in [0.15, 0.2) is 67.1 Å². The maximum absolute atomic E-state index is 12.3. The van der Waals surface area contributed by atoms with Gasteiger partial charge in [0.05, 0.1) is 15.9 Å². The Balaban J connectivity index is 1.43. The number of carbonyl (C=O) groups excluding carboxylic acids is 1. The van der Waals surface area contributed by atoms with E-state index >= 15 is 0 Å². The standard InChI is InChI=1S/C19H14N4OS/c24-18(19-23-16-5-1-2-6-17(16)25-19)22-11-13-7-8-15(21-10-13)14-4-3-9-20-12-14/h1-10,12H,11H2,(H,22,24). The van der Waals surface area contributed by atoms with Crippen molar-refractivity contribution in [2.45, 2.75) is 6.54 Å². The molecule has 6 heteroatoms. The molecule has 0 bridgehead atoms. The van der Waals surface area contributed by atoms with E-state index in [2.05, 4.69) is 20.3 Å². The van der Waals surface area contributed by atoms with E-state index in [1.54, 1.807) is 18.6 Å². The molecular formula is C19H14N4OS. The van der Waals surface area contributed by atoms with E-state index in [0.29, 0.717) is 11.6 Å². The molecule has 3 heterocycles. The van der Waals surface area contributed by atoms with E-state index in [4.69, 9.17) is 0 Å². The van der Waals surface area contributed by atoms with Crippen LogP contribution >= 0.6 is 11.3 Å². The van der Waals surface area contributed by atoms with Crippen LogP contribution in [0.4, 0.5) is 0 Å². The number of thiazole rings is 1. The number of nitrogens with one attached hydrogen (secondary N) is 1. The average Bonchev–Trinajstić information content (AvgIpc) is 3.11. The highest BCUT2D eigenvalue weighted by molar-refractivity contribution is 7.20. The van der Waals surface area contributed by atoms with Gasteiger partial charge in [0.25, 0.3) is 5.91 Å². The summed E-state index contributed by atoms with van der Waals surface area (Å²) >= 11 is 1.39. The van der Waals surface area contributed by atoms with Gasteiger partial charge < -0.3 is 5.32 Å². The van der Waals surface area contributed by atoms with Gasteiger partial charge in [0.2, 0.25) is 0 Å². The Morgan fingerprint density at radius 2 is 1.96 bits per heavy atom. The number of amides is 1. The summed E-state index contributed by atoms with van der Waals surface area (Å²) < 4.78 is 1.01. The second kappa shape index (κ2) is 6.78. The van der Waals surface area contributed by atoms with Crippen LogP contribution in [0.3, 0.4) is 0 Å². The molecule has 0 atom stereocenters. The number of nitrogens with zero attached hydrogens (tertiary/aromatic N) is 3. The Labute approximate surface area is 148 Å². The van der Waals surface area contributed by atoms with Crippen LogP contribution in [0.5, 0.6) is 0 Å². The van der Waals surface area contributed by atoms with Gasteiger partial charge in [0.15, 0.2) is 5.01 Å². The highest BCUT2D eigenvalue weighted by Gasteiger charge is 2.11. The lowest BCUT2D eigenvalue weighted by Gasteiger charge is -2.04. The predicted octanol–water partition coefficient (Wildman–Crippen LogP) is 3.68. The molecule has 1 amide bonds. The fourth-order valence-corrected chi connectivity index (χ4v) is 3.32. The minimum Gasteiger partial charge on any atom is -0.346 e. The first kappa shape index (κ1) is 15.4. The summed E-state index contributed by atoms with van der Waals surface area (Å²) in [7, 11) is 0. The molecule has 4 rings (SSSR count). The minimum absolute atomic E-state index is 0.169. The lowest BCUT2D eigenvalue weighted by molar-refractivity contribution is 0.0950. The molecule has 0 saturated heterocycles. The summed E-state index contributed by atoms with van der Waals surface area (Å²) in [6.45, 7) is 0.412. The number of para-hydroxylation sites is 1. The molecule has 0 unspecified atom stereocenters. The van der Waals surface area contributed by atoms with Crippen molar-refractivity contribution in [1.29, 1.82) is 0 Å². The third-order valence-electron chi connectivity index (χ3n) is 3.72. The van der Waals surface area contributed by atoms with Gasteiger partial charge >= 0.3 is 0 Å². The van der Waals surface area contributed by atoms with Crippen molar-refractivity contribution < 1.29 is 4.79 Å². The molecule has 0 aliphatic heterocycles. The molecule has 0 fully saturated rings. The smallest absolute Gasteiger partial charge is 0.280 e. The number of hydrogen-bond acceptors (Lipinski definition) is 5. The van der Waals surface area contributed by atoms with Crippen LogP contribution in [0.1, 0.15) is 15.4 Å². The fourth-order valence-electron chi connectivity index (χ4n) is 2.44. The van der Waals surface area contributed by atoms with Crippen molar-refractivity contribution in [1.82, 2.24) is 20.3 Å². The number of aromatic nitrogens is 3. The first-order valence-corrected chi connectivity index (χ1v) is 8.60. The van der Waals surface area contributed by atoms with Crippen molar-refractivity contribution >= 4 is 27.5 Å². The van der Waals surface area contributed by atoms with E-state index in [1.807, 2.05) is 48.5 Å². The fraction of sp³-hybridized carbons (Fsp3) is 0.0526. The number of benzene rings is 1. The monoisotopic (exact) mass is 346 g/mol. The molecule has 3 aromatic heterocycles. The van der Waals surface area contributed by atoms with Gasteiger partial charge in [-0.25, -0.2) is 4.98 Å². The van der Waals surface area contributed by atoms with E-state index in [1.165, 1.54) is 11.3 Å². The molecule has 1 N–H and O–H groups in total. The zero-order chi connectivity index (χ0) is 17.1. The molecule has 0 spiro atoms. The van der Waals surface area contributed by atoms with Crippen molar-refractivity contribution in [3.63, 3.8) is 0 Å². The number of rotatable bonds is 4. The molecule has 25 heavy (non-hydrogen) atoms. The minimum atomic E-state index is -0.169. The average molecular weight is 346 g/mol. The van der Waals surface area contributed by atoms with Gasteiger partial charge in [-0.05, 0) is 35.9 Å². The first-order valence-electron chi connectivity index (χ1n) is 7.79. The molecule has 0 aliphatic rings.